The maximum absolute atomic E-state index is 11.0. The number of amides is 2. The summed E-state index contributed by atoms with van der Waals surface area (Å²) in [5, 5.41) is 2.33. The number of hydrogen-bond acceptors (Lipinski definition) is 2. The summed E-state index contributed by atoms with van der Waals surface area (Å²) in [5.41, 5.74) is 0. The monoisotopic (exact) mass is 171 g/mol. The van der Waals surface area contributed by atoms with Crippen molar-refractivity contribution in [1.29, 1.82) is 0 Å². The molecular formula is C9H17NO2. The molecule has 0 radical (unpaired) electrons. The summed E-state index contributed by atoms with van der Waals surface area (Å²) in [6.45, 7) is 5.81. The summed E-state index contributed by atoms with van der Waals surface area (Å²) < 4.78 is 0. The lowest BCUT2D eigenvalue weighted by Crippen LogP contribution is -2.30. The maximum atomic E-state index is 11.0. The third-order valence-electron chi connectivity index (χ3n) is 1.35. The lowest BCUT2D eigenvalue weighted by molar-refractivity contribution is -0.130. The highest BCUT2D eigenvalue weighted by Crippen LogP contribution is 1.98. The van der Waals surface area contributed by atoms with Crippen LogP contribution in [0.15, 0.2) is 0 Å². The smallest absolute Gasteiger partial charge is 0.226 e. The van der Waals surface area contributed by atoms with Gasteiger partial charge in [0.1, 0.15) is 0 Å². The molecule has 0 heterocycles. The van der Waals surface area contributed by atoms with Gasteiger partial charge >= 0.3 is 0 Å². The number of carbonyl (C=O) groups is 2. The first-order valence-corrected chi connectivity index (χ1v) is 4.39. The molecule has 0 unspecified atom stereocenters. The predicted molar refractivity (Wildman–Crippen MR) is 47.5 cm³/mol. The standard InChI is InChI=1S/C9H17NO2/c1-4-5-8(11)10-9(12)6-7(2)3/h7H,4-6H2,1-3H3,(H,10,11,12). The van der Waals surface area contributed by atoms with Crippen LogP contribution in [-0.2, 0) is 9.59 Å². The lowest BCUT2D eigenvalue weighted by Gasteiger charge is -2.04. The van der Waals surface area contributed by atoms with Crippen molar-refractivity contribution in [3.63, 3.8) is 0 Å². The second kappa shape index (κ2) is 5.75. The van der Waals surface area contributed by atoms with E-state index in [9.17, 15) is 9.59 Å². The summed E-state index contributed by atoms with van der Waals surface area (Å²) in [5.74, 6) is -0.0222. The van der Waals surface area contributed by atoms with Crippen LogP contribution in [-0.4, -0.2) is 11.8 Å². The van der Waals surface area contributed by atoms with Crippen molar-refractivity contribution in [3.8, 4) is 0 Å². The largest absolute Gasteiger partial charge is 0.296 e. The molecule has 0 aromatic heterocycles. The summed E-state index contributed by atoms with van der Waals surface area (Å²) in [6.07, 6.45) is 1.64. The number of hydrogen-bond donors (Lipinski definition) is 1. The molecule has 0 atom stereocenters. The highest BCUT2D eigenvalue weighted by atomic mass is 16.2. The molecule has 0 aliphatic heterocycles. The first kappa shape index (κ1) is 11.1. The predicted octanol–water partition coefficient (Wildman–Crippen LogP) is 1.48. The Bertz CT molecular complexity index is 164. The average Bonchev–Trinajstić information content (AvgIpc) is 1.84. The first-order valence-electron chi connectivity index (χ1n) is 4.39. The molecule has 3 nitrogen and oxygen atoms in total. The molecule has 0 aliphatic carbocycles. The Hall–Kier alpha value is -0.860. The number of nitrogens with one attached hydrogen (secondary N) is 1. The van der Waals surface area contributed by atoms with Crippen LogP contribution in [0.4, 0.5) is 0 Å². The molecule has 0 aromatic carbocycles. The van der Waals surface area contributed by atoms with E-state index < -0.39 is 0 Å². The van der Waals surface area contributed by atoms with E-state index in [4.69, 9.17) is 0 Å². The number of imide groups is 1. The van der Waals surface area contributed by atoms with E-state index in [2.05, 4.69) is 5.32 Å². The van der Waals surface area contributed by atoms with Gasteiger partial charge in [-0.1, -0.05) is 20.8 Å². The van der Waals surface area contributed by atoms with Crippen molar-refractivity contribution in [1.82, 2.24) is 5.32 Å². The van der Waals surface area contributed by atoms with E-state index in [1.54, 1.807) is 0 Å². The van der Waals surface area contributed by atoms with Gasteiger partial charge in [-0.15, -0.1) is 0 Å². The van der Waals surface area contributed by atoms with Gasteiger partial charge in [-0.25, -0.2) is 0 Å². The molecule has 0 aliphatic rings. The zero-order valence-corrected chi connectivity index (χ0v) is 8.02. The number of carbonyl (C=O) groups excluding carboxylic acids is 2. The van der Waals surface area contributed by atoms with Crippen LogP contribution in [0.25, 0.3) is 0 Å². The molecule has 0 saturated carbocycles. The topological polar surface area (TPSA) is 46.2 Å². The van der Waals surface area contributed by atoms with Gasteiger partial charge < -0.3 is 0 Å². The van der Waals surface area contributed by atoms with E-state index >= 15 is 0 Å². The second-order valence-corrected chi connectivity index (χ2v) is 3.32. The van der Waals surface area contributed by atoms with E-state index in [0.717, 1.165) is 6.42 Å². The molecule has 0 bridgehead atoms. The van der Waals surface area contributed by atoms with Crippen molar-refractivity contribution in [3.05, 3.63) is 0 Å². The van der Waals surface area contributed by atoms with Crippen LogP contribution in [0.1, 0.15) is 40.0 Å². The molecule has 2 amide bonds. The van der Waals surface area contributed by atoms with Crippen LogP contribution in [0.5, 0.6) is 0 Å². The van der Waals surface area contributed by atoms with Crippen LogP contribution >= 0.6 is 0 Å². The van der Waals surface area contributed by atoms with Gasteiger partial charge in [0, 0.05) is 12.8 Å². The van der Waals surface area contributed by atoms with E-state index in [1.165, 1.54) is 0 Å². The first-order chi connectivity index (χ1) is 5.56. The van der Waals surface area contributed by atoms with E-state index in [-0.39, 0.29) is 11.8 Å². The normalized spacial score (nSPS) is 10.0. The molecule has 0 spiro atoms. The minimum absolute atomic E-state index is 0.163. The van der Waals surface area contributed by atoms with Crippen molar-refractivity contribution in [2.24, 2.45) is 5.92 Å². The minimum Gasteiger partial charge on any atom is -0.296 e. The van der Waals surface area contributed by atoms with E-state index in [0.29, 0.717) is 18.8 Å². The van der Waals surface area contributed by atoms with Crippen LogP contribution in [0, 0.1) is 5.92 Å². The maximum Gasteiger partial charge on any atom is 0.226 e. The van der Waals surface area contributed by atoms with E-state index in [1.807, 2.05) is 20.8 Å². The molecule has 0 aromatic rings. The SMILES string of the molecule is CCCC(=O)NC(=O)CC(C)C. The van der Waals surface area contributed by atoms with Crippen molar-refractivity contribution in [2.45, 2.75) is 40.0 Å². The fourth-order valence-electron chi connectivity index (χ4n) is 0.867. The zero-order valence-electron chi connectivity index (χ0n) is 8.02. The zero-order chi connectivity index (χ0) is 9.56. The highest BCUT2D eigenvalue weighted by Gasteiger charge is 2.07. The number of rotatable bonds is 4. The molecule has 0 rings (SSSR count). The fraction of sp³-hybridized carbons (Fsp3) is 0.778. The van der Waals surface area contributed by atoms with Crippen molar-refractivity contribution in [2.75, 3.05) is 0 Å². The van der Waals surface area contributed by atoms with Gasteiger partial charge in [0.15, 0.2) is 0 Å². The molecule has 70 valence electrons. The molecule has 3 heteroatoms. The van der Waals surface area contributed by atoms with Gasteiger partial charge in [-0.05, 0) is 12.3 Å². The Balaban J connectivity index is 3.62. The van der Waals surface area contributed by atoms with Gasteiger partial charge in [0.2, 0.25) is 11.8 Å². The van der Waals surface area contributed by atoms with Crippen LogP contribution in [0.2, 0.25) is 0 Å². The molecule has 0 saturated heterocycles. The van der Waals surface area contributed by atoms with Gasteiger partial charge in [0.25, 0.3) is 0 Å². The van der Waals surface area contributed by atoms with Gasteiger partial charge in [-0.3, -0.25) is 14.9 Å². The lowest BCUT2D eigenvalue weighted by atomic mass is 10.1. The Morgan fingerprint density at radius 3 is 2.25 bits per heavy atom. The summed E-state index contributed by atoms with van der Waals surface area (Å²) in [6, 6.07) is 0. The van der Waals surface area contributed by atoms with Gasteiger partial charge in [-0.2, -0.15) is 0 Å². The van der Waals surface area contributed by atoms with Crippen molar-refractivity contribution < 1.29 is 9.59 Å². The fourth-order valence-corrected chi connectivity index (χ4v) is 0.867. The summed E-state index contributed by atoms with van der Waals surface area (Å²) >= 11 is 0. The Morgan fingerprint density at radius 2 is 1.83 bits per heavy atom. The second-order valence-electron chi connectivity index (χ2n) is 3.32. The Labute approximate surface area is 73.5 Å². The third kappa shape index (κ3) is 5.89. The molecule has 1 N–H and O–H groups in total. The molecule has 0 fully saturated rings. The molecular weight excluding hydrogens is 154 g/mol. The highest BCUT2D eigenvalue weighted by molar-refractivity contribution is 5.95. The third-order valence-corrected chi connectivity index (χ3v) is 1.35. The van der Waals surface area contributed by atoms with Crippen molar-refractivity contribution >= 4 is 11.8 Å². The minimum atomic E-state index is -0.164. The van der Waals surface area contributed by atoms with Gasteiger partial charge in [0.05, 0.1) is 0 Å². The molecule has 12 heavy (non-hydrogen) atoms. The quantitative estimate of drug-likeness (QED) is 0.696. The van der Waals surface area contributed by atoms with Crippen LogP contribution < -0.4 is 5.32 Å². The average molecular weight is 171 g/mol. The van der Waals surface area contributed by atoms with Crippen LogP contribution in [0.3, 0.4) is 0 Å². The Kier molecular flexibility index (Phi) is 5.34. The Morgan fingerprint density at radius 1 is 1.25 bits per heavy atom. The summed E-state index contributed by atoms with van der Waals surface area (Å²) in [4.78, 5) is 21.9. The summed E-state index contributed by atoms with van der Waals surface area (Å²) in [7, 11) is 0.